The quantitative estimate of drug-likeness (QED) is 0.800. The molecule has 0 radical (unpaired) electrons. The van der Waals surface area contributed by atoms with Gasteiger partial charge in [0.2, 0.25) is 0 Å². The van der Waals surface area contributed by atoms with Crippen molar-refractivity contribution in [2.75, 3.05) is 11.1 Å². The Morgan fingerprint density at radius 3 is 2.69 bits per heavy atom. The number of rotatable bonds is 3. The van der Waals surface area contributed by atoms with Crippen molar-refractivity contribution in [3.8, 4) is 0 Å². The molecule has 1 aromatic heterocycles. The Labute approximate surface area is 98.5 Å². The lowest BCUT2D eigenvalue weighted by Crippen LogP contribution is -2.02. The van der Waals surface area contributed by atoms with Crippen molar-refractivity contribution in [2.45, 2.75) is 6.54 Å². The third kappa shape index (κ3) is 2.61. The van der Waals surface area contributed by atoms with Gasteiger partial charge in [0.15, 0.2) is 0 Å². The fourth-order valence-corrected chi connectivity index (χ4v) is 1.44. The van der Waals surface area contributed by atoms with E-state index in [0.717, 1.165) is 11.3 Å². The minimum Gasteiger partial charge on any atom is -0.399 e. The summed E-state index contributed by atoms with van der Waals surface area (Å²) in [7, 11) is 0. The third-order valence-corrected chi connectivity index (χ3v) is 2.38. The normalized spacial score (nSPS) is 10.1. The smallest absolute Gasteiger partial charge is 0.148 e. The van der Waals surface area contributed by atoms with Crippen molar-refractivity contribution in [3.63, 3.8) is 0 Å². The number of nitrogens with two attached hydrogens (primary N) is 1. The van der Waals surface area contributed by atoms with Crippen LogP contribution in [0.2, 0.25) is 5.02 Å². The molecular formula is C11H11ClN4. The van der Waals surface area contributed by atoms with Crippen molar-refractivity contribution in [1.29, 1.82) is 0 Å². The number of nitrogens with zero attached hydrogens (tertiary/aromatic N) is 2. The summed E-state index contributed by atoms with van der Waals surface area (Å²) in [6.45, 7) is 0.650. The number of hydrogen-bond donors (Lipinski definition) is 2. The van der Waals surface area contributed by atoms with Gasteiger partial charge in [-0.2, -0.15) is 0 Å². The maximum atomic E-state index is 5.91. The van der Waals surface area contributed by atoms with E-state index in [1.54, 1.807) is 6.20 Å². The zero-order valence-corrected chi connectivity index (χ0v) is 9.28. The third-order valence-electron chi connectivity index (χ3n) is 2.11. The molecule has 4 nitrogen and oxygen atoms in total. The van der Waals surface area contributed by atoms with Crippen LogP contribution in [0.15, 0.2) is 36.8 Å². The molecule has 0 saturated carbocycles. The van der Waals surface area contributed by atoms with E-state index in [1.165, 1.54) is 6.33 Å². The van der Waals surface area contributed by atoms with Crippen LogP contribution in [0, 0.1) is 0 Å². The fourth-order valence-electron chi connectivity index (χ4n) is 1.26. The highest BCUT2D eigenvalue weighted by Gasteiger charge is 2.00. The van der Waals surface area contributed by atoms with Crippen molar-refractivity contribution < 1.29 is 0 Å². The summed E-state index contributed by atoms with van der Waals surface area (Å²) in [5, 5.41) is 3.64. The largest absolute Gasteiger partial charge is 0.399 e. The number of aromatic nitrogens is 2. The number of halogens is 1. The summed E-state index contributed by atoms with van der Waals surface area (Å²) in [4.78, 5) is 7.84. The van der Waals surface area contributed by atoms with Gasteiger partial charge in [-0.15, -0.1) is 0 Å². The monoisotopic (exact) mass is 234 g/mol. The van der Waals surface area contributed by atoms with E-state index in [0.29, 0.717) is 17.4 Å². The molecule has 5 heteroatoms. The van der Waals surface area contributed by atoms with Gasteiger partial charge in [0.1, 0.15) is 17.2 Å². The molecule has 82 valence electrons. The number of nitrogen functional groups attached to an aromatic ring is 1. The predicted molar refractivity (Wildman–Crippen MR) is 65.2 cm³/mol. The molecule has 0 aliphatic carbocycles. The second kappa shape index (κ2) is 4.81. The van der Waals surface area contributed by atoms with Crippen molar-refractivity contribution in [1.82, 2.24) is 9.97 Å². The Morgan fingerprint density at radius 2 is 2.00 bits per heavy atom. The molecule has 0 saturated heterocycles. The zero-order chi connectivity index (χ0) is 11.4. The minimum absolute atomic E-state index is 0.512. The molecule has 0 aliphatic heterocycles. The molecule has 1 aromatic carbocycles. The molecule has 0 spiro atoms. The maximum absolute atomic E-state index is 5.91. The average Bonchev–Trinajstić information content (AvgIpc) is 2.30. The molecule has 1 heterocycles. The zero-order valence-electron chi connectivity index (χ0n) is 8.52. The Hall–Kier alpha value is -1.81. The molecule has 0 fully saturated rings. The van der Waals surface area contributed by atoms with Crippen LogP contribution in [0.4, 0.5) is 11.5 Å². The summed E-state index contributed by atoms with van der Waals surface area (Å²) in [6, 6.07) is 7.63. The second-order valence-corrected chi connectivity index (χ2v) is 3.72. The SMILES string of the molecule is Nc1ccc(CNc2ncncc2Cl)cc1. The molecule has 2 rings (SSSR count). The molecule has 16 heavy (non-hydrogen) atoms. The van der Waals surface area contributed by atoms with Crippen LogP contribution in [-0.4, -0.2) is 9.97 Å². The summed E-state index contributed by atoms with van der Waals surface area (Å²) in [6.07, 6.45) is 3.01. The summed E-state index contributed by atoms with van der Waals surface area (Å²) in [5.41, 5.74) is 7.46. The highest BCUT2D eigenvalue weighted by molar-refractivity contribution is 6.32. The van der Waals surface area contributed by atoms with E-state index < -0.39 is 0 Å². The van der Waals surface area contributed by atoms with Gasteiger partial charge in [-0.05, 0) is 17.7 Å². The van der Waals surface area contributed by atoms with E-state index in [1.807, 2.05) is 24.3 Å². The lowest BCUT2D eigenvalue weighted by atomic mass is 10.2. The van der Waals surface area contributed by atoms with Gasteiger partial charge in [0.05, 0.1) is 6.20 Å². The van der Waals surface area contributed by atoms with Crippen molar-refractivity contribution in [2.24, 2.45) is 0 Å². The van der Waals surface area contributed by atoms with E-state index in [2.05, 4.69) is 15.3 Å². The molecule has 0 amide bonds. The minimum atomic E-state index is 0.512. The first-order chi connectivity index (χ1) is 7.75. The first-order valence-corrected chi connectivity index (χ1v) is 5.17. The van der Waals surface area contributed by atoms with Crippen LogP contribution in [-0.2, 0) is 6.54 Å². The first kappa shape index (κ1) is 10.7. The van der Waals surface area contributed by atoms with Crippen LogP contribution in [0.3, 0.4) is 0 Å². The number of anilines is 2. The Kier molecular flexibility index (Phi) is 3.22. The topological polar surface area (TPSA) is 63.8 Å². The van der Waals surface area contributed by atoms with E-state index in [4.69, 9.17) is 17.3 Å². The molecule has 3 N–H and O–H groups in total. The second-order valence-electron chi connectivity index (χ2n) is 3.31. The van der Waals surface area contributed by atoms with Gasteiger partial charge in [-0.1, -0.05) is 23.7 Å². The summed E-state index contributed by atoms with van der Waals surface area (Å²) in [5.74, 6) is 0.633. The van der Waals surface area contributed by atoms with Gasteiger partial charge in [0, 0.05) is 12.2 Å². The number of benzene rings is 1. The summed E-state index contributed by atoms with van der Waals surface area (Å²) < 4.78 is 0. The number of hydrogen-bond acceptors (Lipinski definition) is 4. The molecular weight excluding hydrogens is 224 g/mol. The van der Waals surface area contributed by atoms with Gasteiger partial charge in [-0.3, -0.25) is 0 Å². The molecule has 0 bridgehead atoms. The van der Waals surface area contributed by atoms with Crippen LogP contribution in [0.1, 0.15) is 5.56 Å². The van der Waals surface area contributed by atoms with Crippen LogP contribution < -0.4 is 11.1 Å². The van der Waals surface area contributed by atoms with Crippen molar-refractivity contribution >= 4 is 23.1 Å². The lowest BCUT2D eigenvalue weighted by Gasteiger charge is -2.06. The standard InChI is InChI=1S/C11H11ClN4/c12-10-6-14-7-16-11(10)15-5-8-1-3-9(13)4-2-8/h1-4,6-7H,5,13H2,(H,14,15,16). The fraction of sp³-hybridized carbons (Fsp3) is 0.0909. The number of nitrogens with one attached hydrogen (secondary N) is 1. The van der Waals surface area contributed by atoms with Gasteiger partial charge < -0.3 is 11.1 Å². The van der Waals surface area contributed by atoms with Crippen LogP contribution in [0.25, 0.3) is 0 Å². The Balaban J connectivity index is 2.02. The molecule has 0 aliphatic rings. The average molecular weight is 235 g/mol. The Morgan fingerprint density at radius 1 is 1.25 bits per heavy atom. The van der Waals surface area contributed by atoms with E-state index >= 15 is 0 Å². The molecule has 0 unspecified atom stereocenters. The molecule has 0 atom stereocenters. The van der Waals surface area contributed by atoms with E-state index in [9.17, 15) is 0 Å². The van der Waals surface area contributed by atoms with E-state index in [-0.39, 0.29) is 0 Å². The van der Waals surface area contributed by atoms with Crippen LogP contribution in [0.5, 0.6) is 0 Å². The maximum Gasteiger partial charge on any atom is 0.148 e. The lowest BCUT2D eigenvalue weighted by molar-refractivity contribution is 1.08. The molecule has 2 aromatic rings. The van der Waals surface area contributed by atoms with Crippen molar-refractivity contribution in [3.05, 3.63) is 47.4 Å². The highest BCUT2D eigenvalue weighted by atomic mass is 35.5. The van der Waals surface area contributed by atoms with Gasteiger partial charge in [-0.25, -0.2) is 9.97 Å². The highest BCUT2D eigenvalue weighted by Crippen LogP contribution is 2.17. The predicted octanol–water partition coefficient (Wildman–Crippen LogP) is 2.32. The van der Waals surface area contributed by atoms with Gasteiger partial charge >= 0.3 is 0 Å². The summed E-state index contributed by atoms with van der Waals surface area (Å²) >= 11 is 5.91. The van der Waals surface area contributed by atoms with Crippen LogP contribution >= 0.6 is 11.6 Å². The Bertz CT molecular complexity index is 470. The first-order valence-electron chi connectivity index (χ1n) is 4.79. The van der Waals surface area contributed by atoms with Gasteiger partial charge in [0.25, 0.3) is 0 Å².